The van der Waals surface area contributed by atoms with Crippen LogP contribution in [0.1, 0.15) is 33.6 Å². The second-order valence-electron chi connectivity index (χ2n) is 6.07. The van der Waals surface area contributed by atoms with Crippen molar-refractivity contribution in [3.8, 4) is 0 Å². The summed E-state index contributed by atoms with van der Waals surface area (Å²) in [5.74, 6) is 0.587. The molecule has 0 aromatic carbocycles. The van der Waals surface area contributed by atoms with Crippen LogP contribution in [0.4, 0.5) is 0 Å². The first kappa shape index (κ1) is 17.9. The van der Waals surface area contributed by atoms with Gasteiger partial charge in [-0.25, -0.2) is 0 Å². The number of carbonyl (C=O) groups excluding carboxylic acids is 2. The quantitative estimate of drug-likeness (QED) is 0.549. The average molecular weight is 298 g/mol. The molecule has 6 heteroatoms. The summed E-state index contributed by atoms with van der Waals surface area (Å²) in [6.45, 7) is 10.2. The molecule has 1 heterocycles. The Morgan fingerprint density at radius 1 is 1.29 bits per heavy atom. The highest BCUT2D eigenvalue weighted by Gasteiger charge is 2.20. The summed E-state index contributed by atoms with van der Waals surface area (Å²) in [5, 5.41) is 8.93. The van der Waals surface area contributed by atoms with E-state index in [4.69, 9.17) is 0 Å². The molecule has 21 heavy (non-hydrogen) atoms. The van der Waals surface area contributed by atoms with Crippen molar-refractivity contribution in [1.82, 2.24) is 20.9 Å². The Morgan fingerprint density at radius 2 is 2.00 bits per heavy atom. The second-order valence-corrected chi connectivity index (χ2v) is 6.07. The highest BCUT2D eigenvalue weighted by Crippen LogP contribution is 2.13. The lowest BCUT2D eigenvalue weighted by Crippen LogP contribution is -2.46. The third-order valence-electron chi connectivity index (χ3n) is 3.79. The Hall–Kier alpha value is -1.14. The molecular formula is C15H30N4O2. The van der Waals surface area contributed by atoms with E-state index >= 15 is 0 Å². The zero-order valence-electron chi connectivity index (χ0n) is 13.6. The van der Waals surface area contributed by atoms with Gasteiger partial charge in [0.2, 0.25) is 11.8 Å². The SMILES string of the molecule is CC(=O)NCCNC(=O)CN(CC1CCCNC1)C(C)C. The largest absolute Gasteiger partial charge is 0.355 e. The number of carbonyl (C=O) groups is 2. The van der Waals surface area contributed by atoms with Gasteiger partial charge in [-0.2, -0.15) is 0 Å². The van der Waals surface area contributed by atoms with Gasteiger partial charge in [0.1, 0.15) is 0 Å². The van der Waals surface area contributed by atoms with Crippen molar-refractivity contribution in [1.29, 1.82) is 0 Å². The van der Waals surface area contributed by atoms with Crippen molar-refractivity contribution in [3.05, 3.63) is 0 Å². The van der Waals surface area contributed by atoms with E-state index in [0.29, 0.717) is 31.6 Å². The summed E-state index contributed by atoms with van der Waals surface area (Å²) in [6.07, 6.45) is 2.46. The molecule has 0 radical (unpaired) electrons. The average Bonchev–Trinajstić information content (AvgIpc) is 2.44. The molecule has 1 aliphatic rings. The van der Waals surface area contributed by atoms with E-state index in [-0.39, 0.29) is 11.8 Å². The molecule has 0 bridgehead atoms. The molecule has 1 aliphatic heterocycles. The molecule has 122 valence electrons. The molecule has 1 unspecified atom stereocenters. The van der Waals surface area contributed by atoms with Gasteiger partial charge in [0.25, 0.3) is 0 Å². The van der Waals surface area contributed by atoms with Crippen molar-refractivity contribution < 1.29 is 9.59 Å². The van der Waals surface area contributed by atoms with Crippen LogP contribution in [-0.2, 0) is 9.59 Å². The molecule has 1 atom stereocenters. The topological polar surface area (TPSA) is 73.5 Å². The molecular weight excluding hydrogens is 268 g/mol. The summed E-state index contributed by atoms with van der Waals surface area (Å²) in [6, 6.07) is 0.355. The van der Waals surface area contributed by atoms with E-state index in [1.54, 1.807) is 0 Å². The smallest absolute Gasteiger partial charge is 0.234 e. The minimum Gasteiger partial charge on any atom is -0.355 e. The minimum atomic E-state index is -0.0714. The lowest BCUT2D eigenvalue weighted by molar-refractivity contribution is -0.123. The first-order valence-corrected chi connectivity index (χ1v) is 7.95. The number of hydrogen-bond acceptors (Lipinski definition) is 4. The fourth-order valence-electron chi connectivity index (χ4n) is 2.55. The van der Waals surface area contributed by atoms with Crippen molar-refractivity contribution in [2.75, 3.05) is 39.3 Å². The second kappa shape index (κ2) is 9.73. The fraction of sp³-hybridized carbons (Fsp3) is 0.867. The molecule has 6 nitrogen and oxygen atoms in total. The van der Waals surface area contributed by atoms with E-state index in [1.165, 1.54) is 19.8 Å². The van der Waals surface area contributed by atoms with Crippen LogP contribution in [0, 0.1) is 5.92 Å². The Labute approximate surface area is 128 Å². The van der Waals surface area contributed by atoms with E-state index in [1.807, 2.05) is 0 Å². The van der Waals surface area contributed by atoms with Crippen LogP contribution in [-0.4, -0.2) is 62.0 Å². The highest BCUT2D eigenvalue weighted by molar-refractivity contribution is 5.78. The first-order chi connectivity index (χ1) is 9.99. The van der Waals surface area contributed by atoms with Gasteiger partial charge in [0.15, 0.2) is 0 Å². The zero-order chi connectivity index (χ0) is 15.7. The van der Waals surface area contributed by atoms with Gasteiger partial charge >= 0.3 is 0 Å². The van der Waals surface area contributed by atoms with Crippen LogP contribution < -0.4 is 16.0 Å². The standard InChI is InChI=1S/C15H30N4O2/c1-12(2)19(10-14-5-4-6-16-9-14)11-15(21)18-8-7-17-13(3)20/h12,14,16H,4-11H2,1-3H3,(H,17,20)(H,18,21). The number of nitrogens with one attached hydrogen (secondary N) is 3. The van der Waals surface area contributed by atoms with Crippen LogP contribution in [0.5, 0.6) is 0 Å². The van der Waals surface area contributed by atoms with Gasteiger partial charge in [0.05, 0.1) is 6.54 Å². The maximum atomic E-state index is 12.0. The molecule has 2 amide bonds. The van der Waals surface area contributed by atoms with E-state index in [9.17, 15) is 9.59 Å². The van der Waals surface area contributed by atoms with Crippen molar-refractivity contribution in [3.63, 3.8) is 0 Å². The Kier molecular flexibility index (Phi) is 8.30. The fourth-order valence-corrected chi connectivity index (χ4v) is 2.55. The van der Waals surface area contributed by atoms with E-state index in [0.717, 1.165) is 19.6 Å². The van der Waals surface area contributed by atoms with Gasteiger partial charge in [-0.15, -0.1) is 0 Å². The van der Waals surface area contributed by atoms with Gasteiger partial charge in [-0.3, -0.25) is 14.5 Å². The number of hydrogen-bond donors (Lipinski definition) is 3. The molecule has 1 saturated heterocycles. The van der Waals surface area contributed by atoms with E-state index in [2.05, 4.69) is 34.7 Å². The summed E-state index contributed by atoms with van der Waals surface area (Å²) in [4.78, 5) is 24.9. The van der Waals surface area contributed by atoms with Crippen LogP contribution in [0.2, 0.25) is 0 Å². The van der Waals surface area contributed by atoms with Gasteiger partial charge < -0.3 is 16.0 Å². The maximum absolute atomic E-state index is 12.0. The van der Waals surface area contributed by atoms with Crippen molar-refractivity contribution in [2.45, 2.75) is 39.7 Å². The predicted molar refractivity (Wildman–Crippen MR) is 84.0 cm³/mol. The highest BCUT2D eigenvalue weighted by atomic mass is 16.2. The summed E-state index contributed by atoms with van der Waals surface area (Å²) in [7, 11) is 0. The Bertz CT molecular complexity index is 328. The Morgan fingerprint density at radius 3 is 2.57 bits per heavy atom. The van der Waals surface area contributed by atoms with Gasteiger partial charge in [-0.05, 0) is 45.7 Å². The Balaban J connectivity index is 2.28. The third-order valence-corrected chi connectivity index (χ3v) is 3.79. The maximum Gasteiger partial charge on any atom is 0.234 e. The predicted octanol–water partition coefficient (Wildman–Crippen LogP) is -0.0513. The first-order valence-electron chi connectivity index (χ1n) is 7.95. The lowest BCUT2D eigenvalue weighted by Gasteiger charge is -2.32. The molecule has 0 spiro atoms. The lowest BCUT2D eigenvalue weighted by atomic mass is 9.98. The molecule has 1 fully saturated rings. The normalized spacial score (nSPS) is 18.8. The van der Waals surface area contributed by atoms with Crippen molar-refractivity contribution in [2.24, 2.45) is 5.92 Å². The minimum absolute atomic E-state index is 0.0258. The molecule has 0 aliphatic carbocycles. The van der Waals surface area contributed by atoms with Crippen LogP contribution in [0.15, 0.2) is 0 Å². The van der Waals surface area contributed by atoms with Crippen LogP contribution in [0.3, 0.4) is 0 Å². The number of nitrogens with zero attached hydrogens (tertiary/aromatic N) is 1. The van der Waals surface area contributed by atoms with E-state index < -0.39 is 0 Å². The van der Waals surface area contributed by atoms with Crippen LogP contribution >= 0.6 is 0 Å². The monoisotopic (exact) mass is 298 g/mol. The summed E-state index contributed by atoms with van der Waals surface area (Å²) >= 11 is 0. The van der Waals surface area contributed by atoms with Crippen LogP contribution in [0.25, 0.3) is 0 Å². The molecule has 0 aromatic rings. The number of rotatable bonds is 8. The van der Waals surface area contributed by atoms with Gasteiger partial charge in [-0.1, -0.05) is 0 Å². The third kappa shape index (κ3) is 8.02. The van der Waals surface area contributed by atoms with Crippen molar-refractivity contribution >= 4 is 11.8 Å². The number of piperidine rings is 1. The molecule has 0 saturated carbocycles. The molecule has 0 aromatic heterocycles. The van der Waals surface area contributed by atoms with Gasteiger partial charge in [0, 0.05) is 32.6 Å². The zero-order valence-corrected chi connectivity index (χ0v) is 13.6. The molecule has 1 rings (SSSR count). The summed E-state index contributed by atoms with van der Waals surface area (Å²) < 4.78 is 0. The number of amides is 2. The summed E-state index contributed by atoms with van der Waals surface area (Å²) in [5.41, 5.74) is 0. The molecule has 3 N–H and O–H groups in total.